The molecule has 0 saturated carbocycles. The van der Waals surface area contributed by atoms with Gasteiger partial charge in [0.15, 0.2) is 11.5 Å². The predicted octanol–water partition coefficient (Wildman–Crippen LogP) is 1.07. The normalized spacial score (nSPS) is 14.4. The molecule has 0 aliphatic carbocycles. The second-order valence-corrected chi connectivity index (χ2v) is 6.57. The van der Waals surface area contributed by atoms with Crippen molar-refractivity contribution >= 4 is 5.91 Å². The third-order valence-corrected chi connectivity index (χ3v) is 4.77. The predicted molar refractivity (Wildman–Crippen MR) is 99.8 cm³/mol. The second-order valence-electron chi connectivity index (χ2n) is 6.57. The van der Waals surface area contributed by atoms with Gasteiger partial charge in [-0.2, -0.15) is 0 Å². The number of fused-ring (bicyclic) bond motifs is 1. The van der Waals surface area contributed by atoms with Crippen molar-refractivity contribution in [1.82, 2.24) is 14.9 Å². The van der Waals surface area contributed by atoms with E-state index in [-0.39, 0.29) is 17.9 Å². The Bertz CT molecular complexity index is 909. The number of nitrogens with one attached hydrogen (secondary N) is 1. The molecule has 0 unspecified atom stereocenters. The highest BCUT2D eigenvalue weighted by atomic mass is 16.5. The first-order valence-electron chi connectivity index (χ1n) is 8.77. The van der Waals surface area contributed by atoms with Crippen LogP contribution in [0.3, 0.4) is 0 Å². The molecule has 0 bridgehead atoms. The maximum absolute atomic E-state index is 12.7. The second kappa shape index (κ2) is 7.79. The molecule has 8 heteroatoms. The molecule has 3 N–H and O–H groups in total. The monoisotopic (exact) mass is 372 g/mol. The van der Waals surface area contributed by atoms with Gasteiger partial charge in [-0.25, -0.2) is 4.98 Å². The van der Waals surface area contributed by atoms with Gasteiger partial charge < -0.3 is 25.1 Å². The van der Waals surface area contributed by atoms with Crippen LogP contribution in [0.25, 0.3) is 0 Å². The highest BCUT2D eigenvalue weighted by Crippen LogP contribution is 2.30. The molecule has 1 aromatic carbocycles. The van der Waals surface area contributed by atoms with Crippen LogP contribution < -0.4 is 20.8 Å². The summed E-state index contributed by atoms with van der Waals surface area (Å²) in [4.78, 5) is 33.5. The molecule has 1 aromatic heterocycles. The number of aromatic amines is 1. The lowest BCUT2D eigenvalue weighted by Crippen LogP contribution is -2.40. The van der Waals surface area contributed by atoms with Crippen LogP contribution in [0, 0.1) is 6.92 Å². The summed E-state index contributed by atoms with van der Waals surface area (Å²) in [6.07, 6.45) is 0.655. The number of hydrogen-bond acceptors (Lipinski definition) is 6. The van der Waals surface area contributed by atoms with Crippen molar-refractivity contribution < 1.29 is 14.3 Å². The summed E-state index contributed by atoms with van der Waals surface area (Å²) in [6.45, 7) is 2.55. The minimum absolute atomic E-state index is 0.0670. The number of nitrogens with two attached hydrogens (primary N) is 1. The molecule has 27 heavy (non-hydrogen) atoms. The van der Waals surface area contributed by atoms with Gasteiger partial charge in [0.05, 0.1) is 26.5 Å². The smallest absolute Gasteiger partial charge is 0.254 e. The molecule has 3 rings (SSSR count). The van der Waals surface area contributed by atoms with E-state index < -0.39 is 6.04 Å². The molecular weight excluding hydrogens is 348 g/mol. The van der Waals surface area contributed by atoms with E-state index in [4.69, 9.17) is 15.2 Å². The third kappa shape index (κ3) is 3.95. The van der Waals surface area contributed by atoms with Crippen LogP contribution in [0.5, 0.6) is 11.5 Å². The lowest BCUT2D eigenvalue weighted by atomic mass is 10.0. The molecule has 144 valence electrons. The van der Waals surface area contributed by atoms with Gasteiger partial charge in [0.25, 0.3) is 5.56 Å². The maximum Gasteiger partial charge on any atom is 0.254 e. The first-order valence-corrected chi connectivity index (χ1v) is 8.77. The topological polar surface area (TPSA) is 111 Å². The molecule has 1 aliphatic rings. The Labute approximate surface area is 157 Å². The molecule has 0 radical (unpaired) electrons. The summed E-state index contributed by atoms with van der Waals surface area (Å²) in [5.74, 6) is 1.67. The Balaban J connectivity index is 1.71. The van der Waals surface area contributed by atoms with Crippen LogP contribution in [0.15, 0.2) is 23.0 Å². The zero-order valence-corrected chi connectivity index (χ0v) is 15.7. The molecule has 1 atom stereocenters. The minimum atomic E-state index is -0.465. The molecule has 8 nitrogen and oxygen atoms in total. The Morgan fingerprint density at radius 3 is 2.78 bits per heavy atom. The van der Waals surface area contributed by atoms with Gasteiger partial charge in [-0.15, -0.1) is 0 Å². The Morgan fingerprint density at radius 1 is 1.33 bits per heavy atom. The van der Waals surface area contributed by atoms with E-state index in [2.05, 4.69) is 9.97 Å². The first-order chi connectivity index (χ1) is 12.9. The minimum Gasteiger partial charge on any atom is -0.493 e. The third-order valence-electron chi connectivity index (χ3n) is 4.77. The van der Waals surface area contributed by atoms with Crippen LogP contribution >= 0.6 is 0 Å². The van der Waals surface area contributed by atoms with E-state index in [9.17, 15) is 9.59 Å². The molecule has 1 aliphatic heterocycles. The van der Waals surface area contributed by atoms with Gasteiger partial charge in [-0.3, -0.25) is 9.59 Å². The standard InChI is InChI=1S/C19H24N4O4/c1-11-21-15-10-23(7-6-13(15)19(25)22-11)18(24)9-14(20)12-4-5-16(26-2)17(8-12)27-3/h4-5,8,14H,6-7,9-10,20H2,1-3H3,(H,21,22,25)/t14-/m0/s1. The SMILES string of the molecule is COc1ccc([C@@H](N)CC(=O)N2CCc3c(nc(C)[nH]c3=O)C2)cc1OC. The zero-order chi connectivity index (χ0) is 19.6. The van der Waals surface area contributed by atoms with Crippen molar-refractivity contribution in [1.29, 1.82) is 0 Å². The fourth-order valence-corrected chi connectivity index (χ4v) is 3.30. The number of carbonyl (C=O) groups excluding carboxylic acids is 1. The number of aromatic nitrogens is 2. The number of carbonyl (C=O) groups is 1. The first kappa shape index (κ1) is 18.9. The van der Waals surface area contributed by atoms with Crippen LogP contribution in [0.4, 0.5) is 0 Å². The number of H-pyrrole nitrogens is 1. The molecule has 2 heterocycles. The van der Waals surface area contributed by atoms with E-state index in [1.165, 1.54) is 0 Å². The van der Waals surface area contributed by atoms with E-state index in [1.54, 1.807) is 38.2 Å². The molecule has 2 aromatic rings. The molecule has 0 spiro atoms. The summed E-state index contributed by atoms with van der Waals surface area (Å²) in [5, 5.41) is 0. The Hall–Kier alpha value is -2.87. The summed E-state index contributed by atoms with van der Waals surface area (Å²) >= 11 is 0. The molecular formula is C19H24N4O4. The van der Waals surface area contributed by atoms with E-state index >= 15 is 0 Å². The van der Waals surface area contributed by atoms with Gasteiger partial charge in [0.2, 0.25) is 5.91 Å². The van der Waals surface area contributed by atoms with Gasteiger partial charge >= 0.3 is 0 Å². The fourth-order valence-electron chi connectivity index (χ4n) is 3.30. The summed E-state index contributed by atoms with van der Waals surface area (Å²) in [6, 6.07) is 4.92. The van der Waals surface area contributed by atoms with Crippen molar-refractivity contribution in [3.05, 3.63) is 51.2 Å². The van der Waals surface area contributed by atoms with Crippen LogP contribution in [-0.4, -0.2) is 41.5 Å². The number of nitrogens with zero attached hydrogens (tertiary/aromatic N) is 2. The van der Waals surface area contributed by atoms with Crippen molar-refractivity contribution in [2.24, 2.45) is 5.73 Å². The number of amides is 1. The van der Waals surface area contributed by atoms with Crippen molar-refractivity contribution in [2.45, 2.75) is 32.4 Å². The van der Waals surface area contributed by atoms with E-state index in [0.29, 0.717) is 48.1 Å². The Morgan fingerprint density at radius 2 is 2.07 bits per heavy atom. The largest absolute Gasteiger partial charge is 0.493 e. The summed E-state index contributed by atoms with van der Waals surface area (Å²) < 4.78 is 10.5. The van der Waals surface area contributed by atoms with Crippen LogP contribution in [0.2, 0.25) is 0 Å². The highest BCUT2D eigenvalue weighted by molar-refractivity contribution is 5.77. The quantitative estimate of drug-likeness (QED) is 0.812. The maximum atomic E-state index is 12.7. The number of benzene rings is 1. The van der Waals surface area contributed by atoms with Crippen molar-refractivity contribution in [3.8, 4) is 11.5 Å². The molecule has 0 fully saturated rings. The molecule has 1 amide bonds. The zero-order valence-electron chi connectivity index (χ0n) is 15.7. The number of methoxy groups -OCH3 is 2. The number of aryl methyl sites for hydroxylation is 1. The van der Waals surface area contributed by atoms with E-state index in [0.717, 1.165) is 5.56 Å². The van der Waals surface area contributed by atoms with Crippen LogP contribution in [-0.2, 0) is 17.8 Å². The summed E-state index contributed by atoms with van der Waals surface area (Å²) in [7, 11) is 3.12. The number of hydrogen-bond donors (Lipinski definition) is 2. The van der Waals surface area contributed by atoms with Gasteiger partial charge in [0.1, 0.15) is 5.82 Å². The lowest BCUT2D eigenvalue weighted by Gasteiger charge is -2.28. The average molecular weight is 372 g/mol. The van der Waals surface area contributed by atoms with Crippen molar-refractivity contribution in [3.63, 3.8) is 0 Å². The molecule has 0 saturated heterocycles. The number of rotatable bonds is 5. The average Bonchev–Trinajstić information content (AvgIpc) is 2.66. The highest BCUT2D eigenvalue weighted by Gasteiger charge is 2.25. The fraction of sp³-hybridized carbons (Fsp3) is 0.421. The van der Waals surface area contributed by atoms with Crippen molar-refractivity contribution in [2.75, 3.05) is 20.8 Å². The van der Waals surface area contributed by atoms with E-state index in [1.807, 2.05) is 6.07 Å². The van der Waals surface area contributed by atoms with Gasteiger partial charge in [-0.05, 0) is 31.0 Å². The number of ether oxygens (including phenoxy) is 2. The summed E-state index contributed by atoms with van der Waals surface area (Å²) in [5.41, 5.74) is 8.25. The van der Waals surface area contributed by atoms with Gasteiger partial charge in [0, 0.05) is 24.6 Å². The lowest BCUT2D eigenvalue weighted by molar-refractivity contribution is -0.132. The van der Waals surface area contributed by atoms with Gasteiger partial charge in [-0.1, -0.05) is 6.07 Å². The van der Waals surface area contributed by atoms with Crippen LogP contribution in [0.1, 0.15) is 35.1 Å². The Kier molecular flexibility index (Phi) is 5.46.